The minimum absolute atomic E-state index is 0.646. The average molecular weight is 311 g/mol. The maximum atomic E-state index is 5.98. The third kappa shape index (κ3) is 2.28. The lowest BCUT2D eigenvalue weighted by atomic mass is 10.3. The van der Waals surface area contributed by atoms with Gasteiger partial charge < -0.3 is 15.8 Å². The third-order valence-electron chi connectivity index (χ3n) is 2.70. The first-order valence-electron chi connectivity index (χ1n) is 5.42. The van der Waals surface area contributed by atoms with Crippen molar-refractivity contribution in [3.05, 3.63) is 28.4 Å². The predicted octanol–water partition coefficient (Wildman–Crippen LogP) is 2.83. The van der Waals surface area contributed by atoms with Crippen molar-refractivity contribution < 1.29 is 4.74 Å². The molecule has 1 heterocycles. The van der Waals surface area contributed by atoms with Crippen molar-refractivity contribution in [1.29, 1.82) is 0 Å². The summed E-state index contributed by atoms with van der Waals surface area (Å²) in [6.07, 6.45) is 0. The normalized spacial score (nSPS) is 10.4. The van der Waals surface area contributed by atoms with E-state index in [0.717, 1.165) is 27.4 Å². The maximum Gasteiger partial charge on any atom is 0.152 e. The van der Waals surface area contributed by atoms with Gasteiger partial charge in [-0.2, -0.15) is 5.10 Å². The largest absolute Gasteiger partial charge is 0.497 e. The Morgan fingerprint density at radius 1 is 1.44 bits per heavy atom. The summed E-state index contributed by atoms with van der Waals surface area (Å²) in [4.78, 5) is 0. The molecule has 0 bridgehead atoms. The molecule has 0 spiro atoms. The first-order chi connectivity index (χ1) is 8.52. The summed E-state index contributed by atoms with van der Waals surface area (Å²) in [6, 6.07) is 5.69. The SMILES string of the molecule is COc1ccc(Br)c(Nc2c(N)c(C)nn2C)c1. The number of aromatic nitrogens is 2. The quantitative estimate of drug-likeness (QED) is 0.915. The summed E-state index contributed by atoms with van der Waals surface area (Å²) in [7, 11) is 3.48. The van der Waals surface area contributed by atoms with E-state index in [1.165, 1.54) is 0 Å². The van der Waals surface area contributed by atoms with Gasteiger partial charge in [0.1, 0.15) is 5.75 Å². The third-order valence-corrected chi connectivity index (χ3v) is 3.39. The van der Waals surface area contributed by atoms with Crippen molar-refractivity contribution in [2.75, 3.05) is 18.2 Å². The number of methoxy groups -OCH3 is 1. The van der Waals surface area contributed by atoms with Gasteiger partial charge in [0.15, 0.2) is 5.82 Å². The van der Waals surface area contributed by atoms with Crippen molar-refractivity contribution in [1.82, 2.24) is 9.78 Å². The molecule has 2 rings (SSSR count). The van der Waals surface area contributed by atoms with Crippen LogP contribution in [-0.2, 0) is 7.05 Å². The minimum Gasteiger partial charge on any atom is -0.497 e. The van der Waals surface area contributed by atoms with Crippen LogP contribution in [0.2, 0.25) is 0 Å². The molecule has 5 nitrogen and oxygen atoms in total. The Hall–Kier alpha value is -1.69. The van der Waals surface area contributed by atoms with Gasteiger partial charge in [-0.1, -0.05) is 0 Å². The maximum absolute atomic E-state index is 5.98. The number of benzene rings is 1. The molecule has 0 fully saturated rings. The van der Waals surface area contributed by atoms with E-state index >= 15 is 0 Å². The highest BCUT2D eigenvalue weighted by atomic mass is 79.9. The summed E-state index contributed by atoms with van der Waals surface area (Å²) in [6.45, 7) is 1.88. The molecule has 0 amide bonds. The fraction of sp³-hybridized carbons (Fsp3) is 0.250. The molecule has 0 aliphatic rings. The van der Waals surface area contributed by atoms with Crippen molar-refractivity contribution in [3.8, 4) is 5.75 Å². The molecule has 0 saturated heterocycles. The number of ether oxygens (including phenoxy) is 1. The molecule has 96 valence electrons. The van der Waals surface area contributed by atoms with E-state index in [1.807, 2.05) is 32.2 Å². The van der Waals surface area contributed by atoms with Gasteiger partial charge in [0.2, 0.25) is 0 Å². The fourth-order valence-corrected chi connectivity index (χ4v) is 2.02. The number of nitrogen functional groups attached to an aromatic ring is 1. The van der Waals surface area contributed by atoms with E-state index in [1.54, 1.807) is 11.8 Å². The first kappa shape index (κ1) is 12.8. The Balaban J connectivity index is 2.39. The molecule has 0 saturated carbocycles. The number of anilines is 3. The Kier molecular flexibility index (Phi) is 3.47. The second-order valence-electron chi connectivity index (χ2n) is 3.94. The Morgan fingerprint density at radius 3 is 2.72 bits per heavy atom. The van der Waals surface area contributed by atoms with Crippen LogP contribution < -0.4 is 15.8 Å². The molecule has 0 unspecified atom stereocenters. The molecular weight excluding hydrogens is 296 g/mol. The summed E-state index contributed by atoms with van der Waals surface area (Å²) < 4.78 is 7.85. The Morgan fingerprint density at radius 2 is 2.17 bits per heavy atom. The number of hydrogen-bond donors (Lipinski definition) is 2. The number of nitrogens with zero attached hydrogens (tertiary/aromatic N) is 2. The molecule has 0 radical (unpaired) electrons. The summed E-state index contributed by atoms with van der Waals surface area (Å²) >= 11 is 3.48. The number of hydrogen-bond acceptors (Lipinski definition) is 4. The second kappa shape index (κ2) is 4.89. The van der Waals surface area contributed by atoms with E-state index in [-0.39, 0.29) is 0 Å². The topological polar surface area (TPSA) is 65.1 Å². The van der Waals surface area contributed by atoms with Crippen LogP contribution in [0.1, 0.15) is 5.69 Å². The molecule has 0 aliphatic carbocycles. The predicted molar refractivity (Wildman–Crippen MR) is 76.3 cm³/mol. The van der Waals surface area contributed by atoms with Gasteiger partial charge >= 0.3 is 0 Å². The highest BCUT2D eigenvalue weighted by Crippen LogP contribution is 2.32. The number of rotatable bonds is 3. The van der Waals surface area contributed by atoms with Crippen molar-refractivity contribution in [3.63, 3.8) is 0 Å². The van der Waals surface area contributed by atoms with Crippen LogP contribution in [0.25, 0.3) is 0 Å². The van der Waals surface area contributed by atoms with E-state index in [0.29, 0.717) is 5.69 Å². The van der Waals surface area contributed by atoms with Crippen LogP contribution in [0.3, 0.4) is 0 Å². The van der Waals surface area contributed by atoms with E-state index in [2.05, 4.69) is 26.3 Å². The minimum atomic E-state index is 0.646. The van der Waals surface area contributed by atoms with Gasteiger partial charge in [-0.05, 0) is 35.0 Å². The zero-order valence-electron chi connectivity index (χ0n) is 10.5. The monoisotopic (exact) mass is 310 g/mol. The lowest BCUT2D eigenvalue weighted by molar-refractivity contribution is 0.415. The smallest absolute Gasteiger partial charge is 0.152 e. The van der Waals surface area contributed by atoms with Gasteiger partial charge in [0, 0.05) is 17.6 Å². The second-order valence-corrected chi connectivity index (χ2v) is 4.80. The molecule has 0 atom stereocenters. The van der Waals surface area contributed by atoms with Crippen LogP contribution >= 0.6 is 15.9 Å². The average Bonchev–Trinajstić information content (AvgIpc) is 2.58. The zero-order chi connectivity index (χ0) is 13.3. The molecule has 6 heteroatoms. The van der Waals surface area contributed by atoms with E-state index in [4.69, 9.17) is 10.5 Å². The van der Waals surface area contributed by atoms with Crippen LogP contribution in [0, 0.1) is 6.92 Å². The Bertz CT molecular complexity index is 580. The highest BCUT2D eigenvalue weighted by molar-refractivity contribution is 9.10. The zero-order valence-corrected chi connectivity index (χ0v) is 12.1. The lowest BCUT2D eigenvalue weighted by Gasteiger charge is -2.11. The van der Waals surface area contributed by atoms with E-state index < -0.39 is 0 Å². The van der Waals surface area contributed by atoms with Crippen LogP contribution in [0.5, 0.6) is 5.75 Å². The number of halogens is 1. The molecule has 2 aromatic rings. The van der Waals surface area contributed by atoms with E-state index in [9.17, 15) is 0 Å². The summed E-state index contributed by atoms with van der Waals surface area (Å²) in [5.74, 6) is 1.54. The number of nitrogens with one attached hydrogen (secondary N) is 1. The standard InChI is InChI=1S/C12H15BrN4O/c1-7-11(14)12(17(2)16-7)15-10-6-8(18-3)4-5-9(10)13/h4-6,15H,14H2,1-3H3. The lowest BCUT2D eigenvalue weighted by Crippen LogP contribution is -2.02. The van der Waals surface area contributed by atoms with Crippen molar-refractivity contribution in [2.24, 2.45) is 7.05 Å². The number of aryl methyl sites for hydroxylation is 2. The van der Waals surface area contributed by atoms with Gasteiger partial charge in [-0.25, -0.2) is 0 Å². The van der Waals surface area contributed by atoms with Gasteiger partial charge in [0.25, 0.3) is 0 Å². The fourth-order valence-electron chi connectivity index (χ4n) is 1.68. The van der Waals surface area contributed by atoms with Gasteiger partial charge in [0.05, 0.1) is 24.2 Å². The highest BCUT2D eigenvalue weighted by Gasteiger charge is 2.11. The summed E-state index contributed by atoms with van der Waals surface area (Å²) in [5, 5.41) is 7.51. The number of nitrogens with two attached hydrogens (primary N) is 1. The molecular formula is C12H15BrN4O. The molecule has 18 heavy (non-hydrogen) atoms. The van der Waals surface area contributed by atoms with Gasteiger partial charge in [-0.3, -0.25) is 4.68 Å². The molecule has 1 aromatic carbocycles. The molecule has 0 aliphatic heterocycles. The van der Waals surface area contributed by atoms with Gasteiger partial charge in [-0.15, -0.1) is 0 Å². The molecule has 3 N–H and O–H groups in total. The van der Waals surface area contributed by atoms with Crippen molar-refractivity contribution in [2.45, 2.75) is 6.92 Å². The van der Waals surface area contributed by atoms with Crippen LogP contribution in [0.15, 0.2) is 22.7 Å². The molecule has 1 aromatic heterocycles. The summed E-state index contributed by atoms with van der Waals surface area (Å²) in [5.41, 5.74) is 8.31. The van der Waals surface area contributed by atoms with Crippen LogP contribution in [0.4, 0.5) is 17.2 Å². The van der Waals surface area contributed by atoms with Crippen molar-refractivity contribution >= 4 is 33.1 Å². The van der Waals surface area contributed by atoms with Crippen LogP contribution in [-0.4, -0.2) is 16.9 Å². The Labute approximate surface area is 114 Å². The first-order valence-corrected chi connectivity index (χ1v) is 6.22.